The molecule has 116 valence electrons. The third kappa shape index (κ3) is 6.29. The van der Waals surface area contributed by atoms with E-state index >= 15 is 0 Å². The number of nitrogens with one attached hydrogen (secondary N) is 2. The maximum absolute atomic E-state index is 11.8. The van der Waals surface area contributed by atoms with Crippen molar-refractivity contribution in [2.45, 2.75) is 39.7 Å². The summed E-state index contributed by atoms with van der Waals surface area (Å²) in [5.41, 5.74) is 6.65. The SMILES string of the molecule is CCC(C)CC(C)NC(=O)CNC(=O)c1ccc(N)cc1. The lowest BCUT2D eigenvalue weighted by molar-refractivity contribution is -0.120. The van der Waals surface area contributed by atoms with E-state index in [9.17, 15) is 9.59 Å². The second kappa shape index (κ2) is 8.29. The fourth-order valence-corrected chi connectivity index (χ4v) is 2.05. The van der Waals surface area contributed by atoms with Gasteiger partial charge in [0.1, 0.15) is 0 Å². The Morgan fingerprint density at radius 3 is 2.38 bits per heavy atom. The first-order chi connectivity index (χ1) is 9.92. The second-order valence-electron chi connectivity index (χ2n) is 5.52. The Balaban J connectivity index is 2.35. The van der Waals surface area contributed by atoms with Crippen molar-refractivity contribution in [3.05, 3.63) is 29.8 Å². The van der Waals surface area contributed by atoms with Gasteiger partial charge in [0.05, 0.1) is 6.54 Å². The molecule has 0 saturated heterocycles. The highest BCUT2D eigenvalue weighted by Crippen LogP contribution is 2.09. The van der Waals surface area contributed by atoms with E-state index < -0.39 is 0 Å². The molecule has 5 nitrogen and oxygen atoms in total. The minimum Gasteiger partial charge on any atom is -0.399 e. The van der Waals surface area contributed by atoms with Crippen molar-refractivity contribution in [1.82, 2.24) is 10.6 Å². The highest BCUT2D eigenvalue weighted by molar-refractivity contribution is 5.96. The van der Waals surface area contributed by atoms with Gasteiger partial charge in [0.2, 0.25) is 5.91 Å². The number of anilines is 1. The normalized spacial score (nSPS) is 13.3. The molecule has 0 saturated carbocycles. The Kier molecular flexibility index (Phi) is 6.72. The molecular formula is C16H25N3O2. The lowest BCUT2D eigenvalue weighted by Gasteiger charge is -2.17. The zero-order chi connectivity index (χ0) is 15.8. The lowest BCUT2D eigenvalue weighted by atomic mass is 10.0. The largest absolute Gasteiger partial charge is 0.399 e. The van der Waals surface area contributed by atoms with Crippen molar-refractivity contribution >= 4 is 17.5 Å². The van der Waals surface area contributed by atoms with Crippen molar-refractivity contribution in [3.63, 3.8) is 0 Å². The van der Waals surface area contributed by atoms with Gasteiger partial charge < -0.3 is 16.4 Å². The van der Waals surface area contributed by atoms with E-state index in [4.69, 9.17) is 5.73 Å². The second-order valence-corrected chi connectivity index (χ2v) is 5.52. The summed E-state index contributed by atoms with van der Waals surface area (Å²) in [5.74, 6) is 0.124. The van der Waals surface area contributed by atoms with Crippen LogP contribution in [-0.2, 0) is 4.79 Å². The van der Waals surface area contributed by atoms with Gasteiger partial charge in [0.15, 0.2) is 0 Å². The molecule has 0 fully saturated rings. The van der Waals surface area contributed by atoms with Crippen LogP contribution in [0.15, 0.2) is 24.3 Å². The van der Waals surface area contributed by atoms with Crippen molar-refractivity contribution in [3.8, 4) is 0 Å². The van der Waals surface area contributed by atoms with Crippen molar-refractivity contribution < 1.29 is 9.59 Å². The van der Waals surface area contributed by atoms with Crippen LogP contribution >= 0.6 is 0 Å². The number of nitrogen functional groups attached to an aromatic ring is 1. The summed E-state index contributed by atoms with van der Waals surface area (Å²) in [6, 6.07) is 6.69. The molecule has 0 bridgehead atoms. The minimum atomic E-state index is -0.278. The van der Waals surface area contributed by atoms with Gasteiger partial charge in [-0.1, -0.05) is 20.3 Å². The van der Waals surface area contributed by atoms with Crippen LogP contribution in [0, 0.1) is 5.92 Å². The van der Waals surface area contributed by atoms with Gasteiger partial charge in [-0.2, -0.15) is 0 Å². The molecule has 0 aromatic heterocycles. The highest BCUT2D eigenvalue weighted by atomic mass is 16.2. The summed E-state index contributed by atoms with van der Waals surface area (Å²) < 4.78 is 0. The average Bonchev–Trinajstić information content (AvgIpc) is 2.45. The molecule has 2 amide bonds. The van der Waals surface area contributed by atoms with Crippen molar-refractivity contribution in [2.75, 3.05) is 12.3 Å². The third-order valence-electron chi connectivity index (χ3n) is 3.44. The van der Waals surface area contributed by atoms with Crippen LogP contribution in [0.4, 0.5) is 5.69 Å². The van der Waals surface area contributed by atoms with Gasteiger partial charge in [-0.3, -0.25) is 9.59 Å². The summed E-state index contributed by atoms with van der Waals surface area (Å²) in [5, 5.41) is 5.49. The van der Waals surface area contributed by atoms with Crippen LogP contribution in [0.2, 0.25) is 0 Å². The zero-order valence-corrected chi connectivity index (χ0v) is 13.0. The predicted molar refractivity (Wildman–Crippen MR) is 84.9 cm³/mol. The van der Waals surface area contributed by atoms with E-state index in [1.807, 2.05) is 6.92 Å². The van der Waals surface area contributed by atoms with Gasteiger partial charge in [-0.25, -0.2) is 0 Å². The Morgan fingerprint density at radius 1 is 1.19 bits per heavy atom. The molecule has 1 aromatic carbocycles. The first kappa shape index (κ1) is 17.0. The molecule has 0 aliphatic carbocycles. The van der Waals surface area contributed by atoms with E-state index in [1.54, 1.807) is 24.3 Å². The highest BCUT2D eigenvalue weighted by Gasteiger charge is 2.12. The van der Waals surface area contributed by atoms with Crippen LogP contribution < -0.4 is 16.4 Å². The van der Waals surface area contributed by atoms with E-state index in [0.29, 0.717) is 17.2 Å². The Bertz CT molecular complexity index is 471. The Labute approximate surface area is 126 Å². The van der Waals surface area contributed by atoms with Crippen LogP contribution in [0.1, 0.15) is 44.0 Å². The standard InChI is InChI=1S/C16H25N3O2/c1-4-11(2)9-12(3)19-15(20)10-18-16(21)13-5-7-14(17)8-6-13/h5-8,11-12H,4,9-10,17H2,1-3H3,(H,18,21)(H,19,20). The van der Waals surface area contributed by atoms with Gasteiger partial charge in [-0.15, -0.1) is 0 Å². The van der Waals surface area contributed by atoms with Gasteiger partial charge in [0, 0.05) is 17.3 Å². The molecule has 1 rings (SSSR count). The van der Waals surface area contributed by atoms with E-state index in [0.717, 1.165) is 12.8 Å². The summed E-state index contributed by atoms with van der Waals surface area (Å²) >= 11 is 0. The number of nitrogens with two attached hydrogens (primary N) is 1. The monoisotopic (exact) mass is 291 g/mol. The van der Waals surface area contributed by atoms with E-state index in [1.165, 1.54) is 0 Å². The number of carbonyl (C=O) groups excluding carboxylic acids is 2. The van der Waals surface area contributed by atoms with Crippen LogP contribution in [0.25, 0.3) is 0 Å². The average molecular weight is 291 g/mol. The fourth-order valence-electron chi connectivity index (χ4n) is 2.05. The Morgan fingerprint density at radius 2 is 1.81 bits per heavy atom. The molecule has 0 aliphatic heterocycles. The third-order valence-corrected chi connectivity index (χ3v) is 3.44. The maximum atomic E-state index is 11.8. The van der Waals surface area contributed by atoms with E-state index in [2.05, 4.69) is 24.5 Å². The maximum Gasteiger partial charge on any atom is 0.251 e. The number of amides is 2. The Hall–Kier alpha value is -2.04. The first-order valence-electron chi connectivity index (χ1n) is 7.35. The molecule has 0 radical (unpaired) electrons. The summed E-state index contributed by atoms with van der Waals surface area (Å²) in [6.07, 6.45) is 2.03. The molecule has 1 aromatic rings. The molecule has 0 aliphatic rings. The molecule has 5 heteroatoms. The number of hydrogen-bond acceptors (Lipinski definition) is 3. The quantitative estimate of drug-likeness (QED) is 0.671. The van der Waals surface area contributed by atoms with Crippen molar-refractivity contribution in [2.24, 2.45) is 5.92 Å². The molecule has 21 heavy (non-hydrogen) atoms. The predicted octanol–water partition coefficient (Wildman–Crippen LogP) is 1.94. The van der Waals surface area contributed by atoms with Crippen LogP contribution in [0.5, 0.6) is 0 Å². The molecule has 2 unspecified atom stereocenters. The van der Waals surface area contributed by atoms with Crippen molar-refractivity contribution in [1.29, 1.82) is 0 Å². The van der Waals surface area contributed by atoms with Crippen LogP contribution in [0.3, 0.4) is 0 Å². The minimum absolute atomic E-state index is 0.0198. The molecular weight excluding hydrogens is 266 g/mol. The summed E-state index contributed by atoms with van der Waals surface area (Å²) in [4.78, 5) is 23.6. The molecule has 0 heterocycles. The smallest absolute Gasteiger partial charge is 0.251 e. The van der Waals surface area contributed by atoms with Gasteiger partial charge >= 0.3 is 0 Å². The molecule has 2 atom stereocenters. The zero-order valence-electron chi connectivity index (χ0n) is 13.0. The lowest BCUT2D eigenvalue weighted by Crippen LogP contribution is -2.41. The summed E-state index contributed by atoms with van der Waals surface area (Å²) in [6.45, 7) is 6.25. The first-order valence-corrected chi connectivity index (χ1v) is 7.35. The number of carbonyl (C=O) groups is 2. The number of hydrogen-bond donors (Lipinski definition) is 3. The number of benzene rings is 1. The number of rotatable bonds is 7. The van der Waals surface area contributed by atoms with Gasteiger partial charge in [0.25, 0.3) is 5.91 Å². The van der Waals surface area contributed by atoms with Crippen LogP contribution in [-0.4, -0.2) is 24.4 Å². The van der Waals surface area contributed by atoms with Gasteiger partial charge in [-0.05, 0) is 43.5 Å². The molecule has 4 N–H and O–H groups in total. The topological polar surface area (TPSA) is 84.2 Å². The fraction of sp³-hybridized carbons (Fsp3) is 0.500. The molecule has 0 spiro atoms. The summed E-state index contributed by atoms with van der Waals surface area (Å²) in [7, 11) is 0. The van der Waals surface area contributed by atoms with E-state index in [-0.39, 0.29) is 24.4 Å².